The van der Waals surface area contributed by atoms with Crippen LogP contribution in [0.2, 0.25) is 0 Å². The van der Waals surface area contributed by atoms with Crippen molar-refractivity contribution >= 4 is 22.6 Å². The van der Waals surface area contributed by atoms with Crippen LogP contribution >= 0.6 is 0 Å². The molecule has 0 spiro atoms. The number of amides is 1. The van der Waals surface area contributed by atoms with E-state index in [9.17, 15) is 4.79 Å². The number of hydrogen-bond acceptors (Lipinski definition) is 4. The molecular weight excluding hydrogens is 206 g/mol. The summed E-state index contributed by atoms with van der Waals surface area (Å²) in [5.74, 6) is -0.0713. The Morgan fingerprint density at radius 3 is 3.31 bits per heavy atom. The lowest BCUT2D eigenvalue weighted by molar-refractivity contribution is -0.119. The molecule has 2 bridgehead atoms. The summed E-state index contributed by atoms with van der Waals surface area (Å²) in [5.41, 5.74) is 2.56. The highest BCUT2D eigenvalue weighted by Gasteiger charge is 2.22. The van der Waals surface area contributed by atoms with Gasteiger partial charge in [-0.1, -0.05) is 5.16 Å². The number of carbonyl (C=O) groups excluding carboxylic acids is 1. The van der Waals surface area contributed by atoms with E-state index in [2.05, 4.69) is 15.8 Å². The third-order valence-corrected chi connectivity index (χ3v) is 2.72. The van der Waals surface area contributed by atoms with E-state index >= 15 is 0 Å². The Kier molecular flexibility index (Phi) is 1.86. The van der Waals surface area contributed by atoms with Gasteiger partial charge in [0.05, 0.1) is 6.04 Å². The first kappa shape index (κ1) is 9.21. The van der Waals surface area contributed by atoms with Gasteiger partial charge < -0.3 is 15.2 Å². The van der Waals surface area contributed by atoms with Crippen LogP contribution in [0.3, 0.4) is 0 Å². The third kappa shape index (κ3) is 1.32. The lowest BCUT2D eigenvalue weighted by atomic mass is 10.1. The summed E-state index contributed by atoms with van der Waals surface area (Å²) in [6.07, 6.45) is 0. The highest BCUT2D eigenvalue weighted by molar-refractivity contribution is 5.85. The summed E-state index contributed by atoms with van der Waals surface area (Å²) in [6, 6.07) is 5.67. The maximum absolute atomic E-state index is 11.1. The second kappa shape index (κ2) is 3.23. The molecular formula is C11H11N3O2. The SMILES string of the molecule is CC(=O)NC1CNc2ccc3onc1c3c2. The first-order chi connectivity index (χ1) is 7.74. The number of rotatable bonds is 1. The molecule has 1 aliphatic heterocycles. The number of hydrogen-bond donors (Lipinski definition) is 2. The van der Waals surface area contributed by atoms with Crippen molar-refractivity contribution < 1.29 is 9.32 Å². The van der Waals surface area contributed by atoms with Crippen molar-refractivity contribution in [2.45, 2.75) is 13.0 Å². The topological polar surface area (TPSA) is 67.2 Å². The molecule has 1 atom stereocenters. The molecule has 1 unspecified atom stereocenters. The van der Waals surface area contributed by atoms with Crippen LogP contribution in [0.4, 0.5) is 5.69 Å². The number of nitrogens with one attached hydrogen (secondary N) is 2. The fourth-order valence-corrected chi connectivity index (χ4v) is 2.00. The lowest BCUT2D eigenvalue weighted by Crippen LogP contribution is -2.30. The van der Waals surface area contributed by atoms with Crippen LogP contribution < -0.4 is 10.6 Å². The predicted molar refractivity (Wildman–Crippen MR) is 59.1 cm³/mol. The molecule has 5 nitrogen and oxygen atoms in total. The molecule has 3 rings (SSSR count). The van der Waals surface area contributed by atoms with Gasteiger partial charge in [0.1, 0.15) is 5.69 Å². The van der Waals surface area contributed by atoms with Crippen molar-refractivity contribution in [1.29, 1.82) is 0 Å². The van der Waals surface area contributed by atoms with Gasteiger partial charge in [0, 0.05) is 24.5 Å². The van der Waals surface area contributed by atoms with E-state index in [0.717, 1.165) is 22.4 Å². The van der Waals surface area contributed by atoms with Crippen LogP contribution in [0.1, 0.15) is 18.7 Å². The molecule has 2 N–H and O–H groups in total. The minimum atomic E-state index is -0.140. The van der Waals surface area contributed by atoms with Crippen molar-refractivity contribution in [3.63, 3.8) is 0 Å². The Hall–Kier alpha value is -2.04. The monoisotopic (exact) mass is 217 g/mol. The highest BCUT2D eigenvalue weighted by atomic mass is 16.5. The Bertz CT molecular complexity index is 561. The summed E-state index contributed by atoms with van der Waals surface area (Å²) in [7, 11) is 0. The van der Waals surface area contributed by atoms with E-state index < -0.39 is 0 Å². The van der Waals surface area contributed by atoms with E-state index in [0.29, 0.717) is 6.54 Å². The molecule has 1 aromatic carbocycles. The Morgan fingerprint density at radius 2 is 2.50 bits per heavy atom. The molecule has 0 aliphatic carbocycles. The molecule has 1 amide bonds. The van der Waals surface area contributed by atoms with Gasteiger partial charge in [0.2, 0.25) is 5.91 Å². The normalized spacial score (nSPS) is 18.2. The van der Waals surface area contributed by atoms with Crippen LogP contribution in [-0.4, -0.2) is 17.6 Å². The number of fused-ring (bicyclic) bond motifs is 1. The number of anilines is 1. The molecule has 2 aromatic rings. The number of benzene rings is 1. The molecule has 5 heteroatoms. The van der Waals surface area contributed by atoms with Crippen LogP contribution in [0.15, 0.2) is 22.7 Å². The average molecular weight is 217 g/mol. The third-order valence-electron chi connectivity index (χ3n) is 2.72. The van der Waals surface area contributed by atoms with Gasteiger partial charge in [0.25, 0.3) is 0 Å². The molecule has 1 aromatic heterocycles. The first-order valence-electron chi connectivity index (χ1n) is 5.14. The largest absolute Gasteiger partial charge is 0.383 e. The van der Waals surface area contributed by atoms with E-state index in [-0.39, 0.29) is 11.9 Å². The van der Waals surface area contributed by atoms with Crippen LogP contribution in [-0.2, 0) is 4.79 Å². The van der Waals surface area contributed by atoms with Gasteiger partial charge >= 0.3 is 0 Å². The smallest absolute Gasteiger partial charge is 0.217 e. The van der Waals surface area contributed by atoms with Crippen molar-refractivity contribution in [1.82, 2.24) is 10.5 Å². The standard InChI is InChI=1S/C11H11N3O2/c1-6(15)13-9-5-12-7-2-3-10-8(4-7)11(9)14-16-10/h2-4,9,12H,5H2,1H3,(H,13,15). The van der Waals surface area contributed by atoms with Crippen molar-refractivity contribution in [3.8, 4) is 0 Å². The van der Waals surface area contributed by atoms with Crippen LogP contribution in [0, 0.1) is 0 Å². The molecule has 0 saturated carbocycles. The first-order valence-corrected chi connectivity index (χ1v) is 5.14. The zero-order valence-electron chi connectivity index (χ0n) is 8.78. The van der Waals surface area contributed by atoms with Crippen LogP contribution in [0.5, 0.6) is 0 Å². The van der Waals surface area contributed by atoms with Gasteiger partial charge in [-0.3, -0.25) is 4.79 Å². The maximum atomic E-state index is 11.1. The zero-order chi connectivity index (χ0) is 11.1. The maximum Gasteiger partial charge on any atom is 0.217 e. The van der Waals surface area contributed by atoms with E-state index in [1.807, 2.05) is 18.2 Å². The fraction of sp³-hybridized carbons (Fsp3) is 0.273. The number of aromatic nitrogens is 1. The Balaban J connectivity index is 2.12. The summed E-state index contributed by atoms with van der Waals surface area (Å²) in [4.78, 5) is 11.1. The van der Waals surface area contributed by atoms with Gasteiger partial charge in [-0.25, -0.2) is 0 Å². The highest BCUT2D eigenvalue weighted by Crippen LogP contribution is 2.29. The minimum absolute atomic E-state index is 0.0713. The van der Waals surface area contributed by atoms with Crippen LogP contribution in [0.25, 0.3) is 11.0 Å². The van der Waals surface area contributed by atoms with E-state index in [1.165, 1.54) is 6.92 Å². The molecule has 0 saturated heterocycles. The molecule has 82 valence electrons. The fourth-order valence-electron chi connectivity index (χ4n) is 2.00. The minimum Gasteiger partial charge on any atom is -0.383 e. The quantitative estimate of drug-likeness (QED) is 0.758. The average Bonchev–Trinajstić information content (AvgIpc) is 2.62. The zero-order valence-corrected chi connectivity index (χ0v) is 8.78. The molecule has 16 heavy (non-hydrogen) atoms. The molecule has 2 heterocycles. The van der Waals surface area contributed by atoms with Gasteiger partial charge in [0.15, 0.2) is 5.58 Å². The summed E-state index contributed by atoms with van der Waals surface area (Å²) < 4.78 is 5.21. The lowest BCUT2D eigenvalue weighted by Gasteiger charge is -2.14. The molecule has 1 aliphatic rings. The summed E-state index contributed by atoms with van der Waals surface area (Å²) in [6.45, 7) is 2.12. The van der Waals surface area contributed by atoms with Gasteiger partial charge in [-0.15, -0.1) is 0 Å². The van der Waals surface area contributed by atoms with Crippen molar-refractivity contribution in [2.75, 3.05) is 11.9 Å². The predicted octanol–water partition coefficient (Wildman–Crippen LogP) is 1.43. The Morgan fingerprint density at radius 1 is 1.62 bits per heavy atom. The van der Waals surface area contributed by atoms with Crippen molar-refractivity contribution in [2.24, 2.45) is 0 Å². The van der Waals surface area contributed by atoms with Gasteiger partial charge in [-0.05, 0) is 18.2 Å². The molecule has 0 fully saturated rings. The number of carbonyl (C=O) groups is 1. The summed E-state index contributed by atoms with van der Waals surface area (Å²) in [5, 5.41) is 11.1. The summed E-state index contributed by atoms with van der Waals surface area (Å²) >= 11 is 0. The van der Waals surface area contributed by atoms with Gasteiger partial charge in [-0.2, -0.15) is 0 Å². The van der Waals surface area contributed by atoms with E-state index in [4.69, 9.17) is 4.52 Å². The Labute approximate surface area is 91.8 Å². The molecule has 0 radical (unpaired) electrons. The second-order valence-electron chi connectivity index (χ2n) is 3.91. The van der Waals surface area contributed by atoms with Crippen molar-refractivity contribution in [3.05, 3.63) is 23.9 Å². The number of nitrogens with zero attached hydrogens (tertiary/aromatic N) is 1. The second-order valence-corrected chi connectivity index (χ2v) is 3.91. The van der Waals surface area contributed by atoms with E-state index in [1.54, 1.807) is 0 Å².